The Morgan fingerprint density at radius 3 is 2.74 bits per heavy atom. The molecule has 27 heavy (non-hydrogen) atoms. The molecule has 1 aromatic heterocycles. The van der Waals surface area contributed by atoms with Gasteiger partial charge < -0.3 is 14.5 Å². The molecule has 0 unspecified atom stereocenters. The van der Waals surface area contributed by atoms with Crippen molar-refractivity contribution in [1.29, 1.82) is 0 Å². The smallest absolute Gasteiger partial charge is 0.259 e. The van der Waals surface area contributed by atoms with Gasteiger partial charge in [0.25, 0.3) is 5.91 Å². The average Bonchev–Trinajstić information content (AvgIpc) is 3.12. The first-order valence-corrected chi connectivity index (χ1v) is 9.04. The van der Waals surface area contributed by atoms with Gasteiger partial charge in [-0.15, -0.1) is 0 Å². The largest absolute Gasteiger partial charge is 0.496 e. The number of hydrogen-bond donors (Lipinski definition) is 1. The summed E-state index contributed by atoms with van der Waals surface area (Å²) in [4.78, 5) is 17.2. The zero-order valence-corrected chi connectivity index (χ0v) is 16.0. The molecule has 134 valence electrons. The van der Waals surface area contributed by atoms with Crippen LogP contribution in [0.5, 0.6) is 5.75 Å². The molecule has 1 heterocycles. The van der Waals surface area contributed by atoms with Gasteiger partial charge >= 0.3 is 0 Å². The standard InChI is InChI=1S/C21H15BrN2O3/c1-26-18-10-9-14(22)12-16(18)20(25)23-15-6-4-5-13(11-15)21-24-17-7-2-3-8-19(17)27-21/h2-12H,1H3,(H,23,25). The van der Waals surface area contributed by atoms with Crippen LogP contribution in [0.1, 0.15) is 10.4 Å². The van der Waals surface area contributed by atoms with Crippen LogP contribution in [0.3, 0.4) is 0 Å². The number of benzene rings is 3. The average molecular weight is 423 g/mol. The van der Waals surface area contributed by atoms with Crippen molar-refractivity contribution in [3.8, 4) is 17.2 Å². The number of rotatable bonds is 4. The molecule has 4 aromatic rings. The van der Waals surface area contributed by atoms with Gasteiger partial charge in [0, 0.05) is 15.7 Å². The summed E-state index contributed by atoms with van der Waals surface area (Å²) in [5.41, 5.74) is 3.38. The first-order valence-electron chi connectivity index (χ1n) is 8.25. The molecule has 0 radical (unpaired) electrons. The number of carbonyl (C=O) groups is 1. The summed E-state index contributed by atoms with van der Waals surface area (Å²) in [6.45, 7) is 0. The predicted molar refractivity (Wildman–Crippen MR) is 108 cm³/mol. The van der Waals surface area contributed by atoms with Crippen LogP contribution in [0.15, 0.2) is 75.6 Å². The maximum Gasteiger partial charge on any atom is 0.259 e. The fourth-order valence-electron chi connectivity index (χ4n) is 2.78. The lowest BCUT2D eigenvalue weighted by Crippen LogP contribution is -2.13. The van der Waals surface area contributed by atoms with Crippen LogP contribution >= 0.6 is 15.9 Å². The van der Waals surface area contributed by atoms with Crippen LogP contribution in [0, 0.1) is 0 Å². The minimum absolute atomic E-state index is 0.261. The van der Waals surface area contributed by atoms with E-state index in [0.717, 1.165) is 21.1 Å². The number of carbonyl (C=O) groups excluding carboxylic acids is 1. The molecule has 0 aliphatic carbocycles. The molecule has 0 bridgehead atoms. The first-order chi connectivity index (χ1) is 13.1. The Morgan fingerprint density at radius 2 is 1.93 bits per heavy atom. The second-order valence-corrected chi connectivity index (χ2v) is 6.78. The molecule has 0 spiro atoms. The van der Waals surface area contributed by atoms with Crippen molar-refractivity contribution < 1.29 is 13.9 Å². The normalized spacial score (nSPS) is 10.7. The summed E-state index contributed by atoms with van der Waals surface area (Å²) in [5, 5.41) is 2.89. The number of aromatic nitrogens is 1. The van der Waals surface area contributed by atoms with E-state index in [1.807, 2.05) is 54.6 Å². The Labute approximate surface area is 164 Å². The molecule has 0 aliphatic rings. The Balaban J connectivity index is 1.63. The predicted octanol–water partition coefficient (Wildman–Crippen LogP) is 5.52. The zero-order valence-electron chi connectivity index (χ0n) is 14.4. The monoisotopic (exact) mass is 422 g/mol. The van der Waals surface area contributed by atoms with Crippen LogP contribution in [0.2, 0.25) is 0 Å². The zero-order chi connectivity index (χ0) is 18.8. The third kappa shape index (κ3) is 3.57. The number of methoxy groups -OCH3 is 1. The highest BCUT2D eigenvalue weighted by atomic mass is 79.9. The summed E-state index contributed by atoms with van der Waals surface area (Å²) in [7, 11) is 1.54. The number of oxazole rings is 1. The minimum atomic E-state index is -0.261. The molecule has 5 nitrogen and oxygen atoms in total. The van der Waals surface area contributed by atoms with E-state index in [4.69, 9.17) is 9.15 Å². The second kappa shape index (κ2) is 7.25. The Hall–Kier alpha value is -3.12. The highest BCUT2D eigenvalue weighted by Gasteiger charge is 2.14. The summed E-state index contributed by atoms with van der Waals surface area (Å²) < 4.78 is 11.9. The number of nitrogens with one attached hydrogen (secondary N) is 1. The van der Waals surface area contributed by atoms with E-state index in [1.54, 1.807) is 12.1 Å². The molecule has 3 aromatic carbocycles. The van der Waals surface area contributed by atoms with Crippen LogP contribution in [-0.4, -0.2) is 18.0 Å². The van der Waals surface area contributed by atoms with E-state index in [0.29, 0.717) is 22.9 Å². The molecule has 1 N–H and O–H groups in total. The Kier molecular flexibility index (Phi) is 4.64. The van der Waals surface area contributed by atoms with Crippen molar-refractivity contribution in [1.82, 2.24) is 4.98 Å². The van der Waals surface area contributed by atoms with Crippen LogP contribution in [-0.2, 0) is 0 Å². The number of nitrogens with zero attached hydrogens (tertiary/aromatic N) is 1. The lowest BCUT2D eigenvalue weighted by Gasteiger charge is -2.10. The van der Waals surface area contributed by atoms with Crippen molar-refractivity contribution in [2.45, 2.75) is 0 Å². The van der Waals surface area contributed by atoms with E-state index in [9.17, 15) is 4.79 Å². The van der Waals surface area contributed by atoms with Crippen LogP contribution in [0.4, 0.5) is 5.69 Å². The van der Waals surface area contributed by atoms with Crippen molar-refractivity contribution >= 4 is 38.6 Å². The summed E-state index contributed by atoms with van der Waals surface area (Å²) in [6, 6.07) is 20.2. The molecule has 0 saturated carbocycles. The van der Waals surface area contributed by atoms with E-state index in [1.165, 1.54) is 7.11 Å². The fourth-order valence-corrected chi connectivity index (χ4v) is 3.14. The molecular weight excluding hydrogens is 408 g/mol. The second-order valence-electron chi connectivity index (χ2n) is 5.87. The highest BCUT2D eigenvalue weighted by molar-refractivity contribution is 9.10. The lowest BCUT2D eigenvalue weighted by molar-refractivity contribution is 0.102. The molecule has 0 atom stereocenters. The number of hydrogen-bond acceptors (Lipinski definition) is 4. The Morgan fingerprint density at radius 1 is 1.07 bits per heavy atom. The van der Waals surface area contributed by atoms with Crippen molar-refractivity contribution in [2.75, 3.05) is 12.4 Å². The molecule has 0 saturated heterocycles. The van der Waals surface area contributed by atoms with Gasteiger partial charge in [0.05, 0.1) is 12.7 Å². The van der Waals surface area contributed by atoms with E-state index < -0.39 is 0 Å². The fraction of sp³-hybridized carbons (Fsp3) is 0.0476. The van der Waals surface area contributed by atoms with Gasteiger partial charge in [-0.05, 0) is 48.5 Å². The Bertz CT molecular complexity index is 1100. The quantitative estimate of drug-likeness (QED) is 0.470. The topological polar surface area (TPSA) is 64.4 Å². The van der Waals surface area contributed by atoms with Crippen molar-refractivity contribution in [2.24, 2.45) is 0 Å². The molecule has 1 amide bonds. The number of fused-ring (bicyclic) bond motifs is 1. The SMILES string of the molecule is COc1ccc(Br)cc1C(=O)Nc1cccc(-c2nc3ccccc3o2)c1. The van der Waals surface area contributed by atoms with Crippen LogP contribution in [0.25, 0.3) is 22.6 Å². The van der Waals surface area contributed by atoms with Gasteiger partial charge in [-0.3, -0.25) is 4.79 Å². The highest BCUT2D eigenvalue weighted by Crippen LogP contribution is 2.27. The van der Waals surface area contributed by atoms with Gasteiger partial charge in [-0.2, -0.15) is 0 Å². The number of halogens is 1. The van der Waals surface area contributed by atoms with Gasteiger partial charge in [0.2, 0.25) is 5.89 Å². The summed E-state index contributed by atoms with van der Waals surface area (Å²) >= 11 is 3.38. The van der Waals surface area contributed by atoms with Crippen LogP contribution < -0.4 is 10.1 Å². The van der Waals surface area contributed by atoms with Gasteiger partial charge in [-0.25, -0.2) is 4.98 Å². The molecule has 0 fully saturated rings. The maximum atomic E-state index is 12.7. The number of anilines is 1. The molecule has 4 rings (SSSR count). The number of para-hydroxylation sites is 2. The summed E-state index contributed by atoms with van der Waals surface area (Å²) in [5.74, 6) is 0.751. The molecule has 6 heteroatoms. The van der Waals surface area contributed by atoms with Gasteiger partial charge in [-0.1, -0.05) is 34.1 Å². The molecular formula is C21H15BrN2O3. The van der Waals surface area contributed by atoms with Gasteiger partial charge in [0.1, 0.15) is 11.3 Å². The van der Waals surface area contributed by atoms with Gasteiger partial charge in [0.15, 0.2) is 5.58 Å². The van der Waals surface area contributed by atoms with E-state index in [2.05, 4.69) is 26.2 Å². The third-order valence-electron chi connectivity index (χ3n) is 4.07. The first kappa shape index (κ1) is 17.3. The maximum absolute atomic E-state index is 12.7. The van der Waals surface area contributed by atoms with Crippen molar-refractivity contribution in [3.05, 3.63) is 76.8 Å². The lowest BCUT2D eigenvalue weighted by atomic mass is 10.1. The number of amides is 1. The minimum Gasteiger partial charge on any atom is -0.496 e. The van der Waals surface area contributed by atoms with E-state index in [-0.39, 0.29) is 5.91 Å². The van der Waals surface area contributed by atoms with Crippen molar-refractivity contribution in [3.63, 3.8) is 0 Å². The van der Waals surface area contributed by atoms with E-state index >= 15 is 0 Å². The third-order valence-corrected chi connectivity index (χ3v) is 4.56. The molecule has 0 aliphatic heterocycles. The number of ether oxygens (including phenoxy) is 1. The summed E-state index contributed by atoms with van der Waals surface area (Å²) in [6.07, 6.45) is 0.